The van der Waals surface area contributed by atoms with Gasteiger partial charge in [0.15, 0.2) is 0 Å². The lowest BCUT2D eigenvalue weighted by atomic mass is 10.2. The first-order chi connectivity index (χ1) is 15.0. The van der Waals surface area contributed by atoms with Crippen molar-refractivity contribution in [2.75, 3.05) is 19.6 Å². The number of hydrogen-bond donors (Lipinski definition) is 2. The molecule has 2 N–H and O–H groups in total. The Labute approximate surface area is 186 Å². The molecule has 0 unspecified atom stereocenters. The van der Waals surface area contributed by atoms with E-state index in [1.54, 1.807) is 24.3 Å². The number of benzene rings is 1. The summed E-state index contributed by atoms with van der Waals surface area (Å²) in [6.45, 7) is 0.514. The van der Waals surface area contributed by atoms with Crippen LogP contribution in [0.1, 0.15) is 28.1 Å². The molecule has 1 fully saturated rings. The Morgan fingerprint density at radius 2 is 1.87 bits per heavy atom. The lowest BCUT2D eigenvalue weighted by Gasteiger charge is -2.13. The van der Waals surface area contributed by atoms with Crippen LogP contribution in [0, 0.1) is 5.82 Å². The van der Waals surface area contributed by atoms with Gasteiger partial charge in [0.1, 0.15) is 5.82 Å². The smallest absolute Gasteiger partial charge is 0.293 e. The van der Waals surface area contributed by atoms with E-state index in [9.17, 15) is 23.6 Å². The highest BCUT2D eigenvalue weighted by Gasteiger charge is 2.34. The Hall–Kier alpha value is -2.98. The zero-order chi connectivity index (χ0) is 22.2. The molecule has 3 rings (SSSR count). The van der Waals surface area contributed by atoms with Gasteiger partial charge in [0.05, 0.1) is 9.78 Å². The van der Waals surface area contributed by atoms with Crippen molar-refractivity contribution in [3.63, 3.8) is 0 Å². The summed E-state index contributed by atoms with van der Waals surface area (Å²) in [6.07, 6.45) is 2.03. The minimum Gasteiger partial charge on any atom is -0.354 e. The predicted molar refractivity (Wildman–Crippen MR) is 118 cm³/mol. The van der Waals surface area contributed by atoms with Crippen LogP contribution in [0.25, 0.3) is 6.08 Å². The molecule has 31 heavy (non-hydrogen) atoms. The summed E-state index contributed by atoms with van der Waals surface area (Å²) in [5, 5.41) is 6.75. The molecule has 0 saturated carbocycles. The normalized spacial score (nSPS) is 14.9. The third-order valence-corrected chi connectivity index (χ3v) is 6.11. The number of halogens is 1. The van der Waals surface area contributed by atoms with Crippen LogP contribution in [-0.2, 0) is 9.59 Å². The van der Waals surface area contributed by atoms with Crippen LogP contribution in [0.15, 0.2) is 46.7 Å². The Morgan fingerprint density at radius 3 is 2.61 bits per heavy atom. The van der Waals surface area contributed by atoms with Crippen LogP contribution in [0.3, 0.4) is 0 Å². The number of thiophene rings is 1. The van der Waals surface area contributed by atoms with Crippen molar-refractivity contribution in [1.29, 1.82) is 0 Å². The molecule has 4 amide bonds. The van der Waals surface area contributed by atoms with Gasteiger partial charge in [-0.15, -0.1) is 11.3 Å². The molecular weight excluding hydrogens is 441 g/mol. The fraction of sp³-hybridized carbons (Fsp3) is 0.238. The number of imide groups is 1. The van der Waals surface area contributed by atoms with Gasteiger partial charge in [-0.05, 0) is 41.8 Å². The number of carbonyl (C=O) groups is 4. The van der Waals surface area contributed by atoms with Crippen LogP contribution >= 0.6 is 23.1 Å². The molecular formula is C21H20FN3O4S2. The van der Waals surface area contributed by atoms with E-state index in [-0.39, 0.29) is 41.8 Å². The molecule has 2 aromatic rings. The highest BCUT2D eigenvalue weighted by atomic mass is 32.2. The van der Waals surface area contributed by atoms with Gasteiger partial charge >= 0.3 is 0 Å². The molecule has 1 aromatic heterocycles. The van der Waals surface area contributed by atoms with Crippen LogP contribution in [0.5, 0.6) is 0 Å². The van der Waals surface area contributed by atoms with Gasteiger partial charge in [-0.3, -0.25) is 24.1 Å². The first kappa shape index (κ1) is 22.7. The van der Waals surface area contributed by atoms with Gasteiger partial charge in [-0.2, -0.15) is 0 Å². The van der Waals surface area contributed by atoms with E-state index in [0.717, 1.165) is 16.7 Å². The third kappa shape index (κ3) is 6.25. The van der Waals surface area contributed by atoms with Gasteiger partial charge in [-0.25, -0.2) is 4.39 Å². The van der Waals surface area contributed by atoms with Crippen molar-refractivity contribution >= 4 is 52.1 Å². The number of carbonyl (C=O) groups excluding carboxylic acids is 4. The molecule has 0 bridgehead atoms. The average molecular weight is 462 g/mol. The standard InChI is InChI=1S/C21H20FN3O4S2/c22-15-6-2-1-5-14(15)13-17-20(28)25(21(29)31-17)11-10-23-18(26)8-3-9-24-19(27)16-7-4-12-30-16/h1-2,4-7,12-13H,3,8-11H2,(H,23,26)(H,24,27)/b17-13-. The molecule has 1 saturated heterocycles. The highest BCUT2D eigenvalue weighted by molar-refractivity contribution is 8.18. The summed E-state index contributed by atoms with van der Waals surface area (Å²) in [4.78, 5) is 50.0. The summed E-state index contributed by atoms with van der Waals surface area (Å²) < 4.78 is 13.8. The molecule has 0 spiro atoms. The van der Waals surface area contributed by atoms with E-state index in [1.165, 1.54) is 29.5 Å². The fourth-order valence-electron chi connectivity index (χ4n) is 2.77. The lowest BCUT2D eigenvalue weighted by Crippen LogP contribution is -2.37. The molecule has 0 radical (unpaired) electrons. The molecule has 1 aromatic carbocycles. The van der Waals surface area contributed by atoms with Crippen molar-refractivity contribution in [3.8, 4) is 0 Å². The number of rotatable bonds is 9. The monoisotopic (exact) mass is 461 g/mol. The van der Waals surface area contributed by atoms with Crippen LogP contribution in [0.4, 0.5) is 9.18 Å². The van der Waals surface area contributed by atoms with E-state index >= 15 is 0 Å². The summed E-state index contributed by atoms with van der Waals surface area (Å²) >= 11 is 2.09. The van der Waals surface area contributed by atoms with Crippen LogP contribution in [0.2, 0.25) is 0 Å². The van der Waals surface area contributed by atoms with E-state index in [0.29, 0.717) is 17.8 Å². The van der Waals surface area contributed by atoms with Gasteiger partial charge < -0.3 is 10.6 Å². The molecule has 1 aliphatic rings. The Balaban J connectivity index is 1.38. The number of nitrogens with zero attached hydrogens (tertiary/aromatic N) is 1. The summed E-state index contributed by atoms with van der Waals surface area (Å²) in [7, 11) is 0. The number of hydrogen-bond acceptors (Lipinski definition) is 6. The van der Waals surface area contributed by atoms with E-state index in [1.807, 2.05) is 5.38 Å². The molecule has 0 aliphatic carbocycles. The van der Waals surface area contributed by atoms with Gasteiger partial charge in [-0.1, -0.05) is 24.3 Å². The molecule has 0 atom stereocenters. The van der Waals surface area contributed by atoms with Crippen molar-refractivity contribution < 1.29 is 23.6 Å². The minimum atomic E-state index is -0.510. The van der Waals surface area contributed by atoms with E-state index < -0.39 is 17.0 Å². The predicted octanol–water partition coefficient (Wildman–Crippen LogP) is 3.25. The maximum atomic E-state index is 13.8. The first-order valence-corrected chi connectivity index (χ1v) is 11.2. The van der Waals surface area contributed by atoms with Crippen LogP contribution < -0.4 is 10.6 Å². The quantitative estimate of drug-likeness (QED) is 0.442. The maximum absolute atomic E-state index is 13.8. The second-order valence-corrected chi connectivity index (χ2v) is 8.48. The molecule has 1 aliphatic heterocycles. The maximum Gasteiger partial charge on any atom is 0.293 e. The SMILES string of the molecule is O=C(CCCNC(=O)c1cccs1)NCCN1C(=O)S/C(=C\c2ccccc2F)C1=O. The largest absolute Gasteiger partial charge is 0.354 e. The molecule has 2 heterocycles. The first-order valence-electron chi connectivity index (χ1n) is 9.54. The van der Waals surface area contributed by atoms with E-state index in [4.69, 9.17) is 0 Å². The molecule has 7 nitrogen and oxygen atoms in total. The lowest BCUT2D eigenvalue weighted by molar-refractivity contribution is -0.124. The Kier molecular flexibility index (Phi) is 7.96. The molecule has 10 heteroatoms. The summed E-state index contributed by atoms with van der Waals surface area (Å²) in [6, 6.07) is 9.50. The second-order valence-electron chi connectivity index (χ2n) is 6.54. The summed E-state index contributed by atoms with van der Waals surface area (Å²) in [5.74, 6) is -1.39. The third-order valence-electron chi connectivity index (χ3n) is 4.33. The van der Waals surface area contributed by atoms with Crippen molar-refractivity contribution in [1.82, 2.24) is 15.5 Å². The topological polar surface area (TPSA) is 95.6 Å². The Bertz CT molecular complexity index is 1010. The fourth-order valence-corrected chi connectivity index (χ4v) is 4.26. The van der Waals surface area contributed by atoms with E-state index in [2.05, 4.69) is 10.6 Å². The van der Waals surface area contributed by atoms with Gasteiger partial charge in [0, 0.05) is 31.6 Å². The summed E-state index contributed by atoms with van der Waals surface area (Å²) in [5.41, 5.74) is 0.229. The minimum absolute atomic E-state index is 0.0279. The van der Waals surface area contributed by atoms with Crippen LogP contribution in [-0.4, -0.2) is 47.5 Å². The van der Waals surface area contributed by atoms with Crippen molar-refractivity contribution in [3.05, 3.63) is 62.9 Å². The number of thioether (sulfide) groups is 1. The number of nitrogens with one attached hydrogen (secondary N) is 2. The van der Waals surface area contributed by atoms with Crippen molar-refractivity contribution in [2.45, 2.75) is 12.8 Å². The van der Waals surface area contributed by atoms with Gasteiger partial charge in [0.2, 0.25) is 5.91 Å². The molecule has 162 valence electrons. The second kappa shape index (κ2) is 10.9. The highest BCUT2D eigenvalue weighted by Crippen LogP contribution is 2.32. The number of amides is 4. The Morgan fingerprint density at radius 1 is 1.06 bits per heavy atom. The zero-order valence-corrected chi connectivity index (χ0v) is 18.1. The van der Waals surface area contributed by atoms with Gasteiger partial charge in [0.25, 0.3) is 17.1 Å². The van der Waals surface area contributed by atoms with Crippen molar-refractivity contribution in [2.24, 2.45) is 0 Å². The zero-order valence-electron chi connectivity index (χ0n) is 16.4. The average Bonchev–Trinajstić information content (AvgIpc) is 3.37.